The molecule has 3 aliphatic heterocycles. The molecule has 0 aliphatic carbocycles. The molecule has 1 unspecified atom stereocenters. The first-order valence-corrected chi connectivity index (χ1v) is 14.4. The van der Waals surface area contributed by atoms with E-state index in [1.807, 2.05) is 55.5 Å². The number of amides is 3. The highest BCUT2D eigenvalue weighted by Crippen LogP contribution is 2.36. The first-order chi connectivity index (χ1) is 19.7. The van der Waals surface area contributed by atoms with Crippen LogP contribution in [0.25, 0.3) is 11.1 Å². The number of nitrogens with zero attached hydrogens (tertiary/aromatic N) is 2. The summed E-state index contributed by atoms with van der Waals surface area (Å²) in [5, 5.41) is 12.4. The fourth-order valence-corrected chi connectivity index (χ4v) is 6.63. The third-order valence-electron chi connectivity index (χ3n) is 7.86. The monoisotopic (exact) mass is 573 g/mol. The zero-order valence-electron chi connectivity index (χ0n) is 22.6. The maximum Gasteiger partial charge on any atom is 0.254 e. The van der Waals surface area contributed by atoms with Gasteiger partial charge in [0.05, 0.1) is 25.8 Å². The summed E-state index contributed by atoms with van der Waals surface area (Å²) in [4.78, 5) is 44.3. The van der Waals surface area contributed by atoms with E-state index < -0.39 is 11.8 Å². The number of carbonyl (C=O) groups excluding carboxylic acids is 3. The lowest BCUT2D eigenvalue weighted by Gasteiger charge is -2.27. The van der Waals surface area contributed by atoms with Gasteiger partial charge < -0.3 is 30.3 Å². The zero-order chi connectivity index (χ0) is 28.7. The third-order valence-corrected chi connectivity index (χ3v) is 8.98. The fourth-order valence-electron chi connectivity index (χ4n) is 5.72. The molecule has 4 heterocycles. The minimum atomic E-state index is -1.03. The summed E-state index contributed by atoms with van der Waals surface area (Å²) in [5.74, 6) is -1.94. The number of nitrogens with two attached hydrogens (primary N) is 1. The van der Waals surface area contributed by atoms with E-state index in [-0.39, 0.29) is 49.1 Å². The van der Waals surface area contributed by atoms with Crippen molar-refractivity contribution >= 4 is 34.9 Å². The van der Waals surface area contributed by atoms with Crippen LogP contribution >= 0.6 is 11.3 Å². The second-order valence-corrected chi connectivity index (χ2v) is 11.6. The average molecular weight is 574 g/mol. The average Bonchev–Trinajstić information content (AvgIpc) is 3.77. The Morgan fingerprint density at radius 2 is 1.90 bits per heavy atom. The lowest BCUT2D eigenvalue weighted by Crippen LogP contribution is -2.49. The van der Waals surface area contributed by atoms with Crippen molar-refractivity contribution in [2.24, 2.45) is 5.73 Å². The van der Waals surface area contributed by atoms with Gasteiger partial charge in [0.2, 0.25) is 11.8 Å². The Hall–Kier alpha value is -4.06. The molecular weight excluding hydrogens is 542 g/mol. The van der Waals surface area contributed by atoms with E-state index in [1.165, 1.54) is 21.1 Å². The van der Waals surface area contributed by atoms with Crippen molar-refractivity contribution in [3.8, 4) is 11.1 Å². The van der Waals surface area contributed by atoms with E-state index in [1.54, 1.807) is 11.4 Å². The van der Waals surface area contributed by atoms with Crippen LogP contribution in [0.2, 0.25) is 0 Å². The number of benzene rings is 2. The topological polar surface area (TPSA) is 138 Å². The molecule has 2 fully saturated rings. The second-order valence-electron chi connectivity index (χ2n) is 10.6. The quantitative estimate of drug-likeness (QED) is 0.294. The summed E-state index contributed by atoms with van der Waals surface area (Å²) in [5.41, 5.74) is 9.70. The Labute approximate surface area is 241 Å². The number of amidine groups is 1. The number of likely N-dealkylation sites (tertiary alicyclic amines) is 1. The molecule has 2 aromatic carbocycles. The number of carbonyl (C=O) groups is 3. The summed E-state index contributed by atoms with van der Waals surface area (Å²) >= 11 is 1.40. The molecule has 41 heavy (non-hydrogen) atoms. The lowest BCUT2D eigenvalue weighted by molar-refractivity contribution is -0.152. The van der Waals surface area contributed by atoms with Crippen LogP contribution in [0.5, 0.6) is 0 Å². The van der Waals surface area contributed by atoms with Crippen molar-refractivity contribution in [3.05, 3.63) is 81.5 Å². The Bertz CT molecular complexity index is 1520. The number of thiophene rings is 1. The maximum absolute atomic E-state index is 13.7. The Morgan fingerprint density at radius 3 is 2.61 bits per heavy atom. The molecule has 2 atom stereocenters. The van der Waals surface area contributed by atoms with Crippen LogP contribution in [0.4, 0.5) is 0 Å². The van der Waals surface area contributed by atoms with Gasteiger partial charge >= 0.3 is 0 Å². The van der Waals surface area contributed by atoms with Gasteiger partial charge in [0.25, 0.3) is 5.91 Å². The fraction of sp³-hybridized carbons (Fsp3) is 0.333. The molecule has 0 radical (unpaired) electrons. The largest absolute Gasteiger partial charge is 0.384 e. The van der Waals surface area contributed by atoms with Gasteiger partial charge in [-0.1, -0.05) is 36.4 Å². The van der Waals surface area contributed by atoms with Crippen LogP contribution < -0.4 is 11.1 Å². The lowest BCUT2D eigenvalue weighted by atomic mass is 10.0. The summed E-state index contributed by atoms with van der Waals surface area (Å²) in [6.07, 6.45) is 0.203. The van der Waals surface area contributed by atoms with Gasteiger partial charge in [-0.05, 0) is 41.8 Å². The predicted molar refractivity (Wildman–Crippen MR) is 153 cm³/mol. The van der Waals surface area contributed by atoms with Crippen LogP contribution in [0, 0.1) is 5.41 Å². The van der Waals surface area contributed by atoms with Crippen molar-refractivity contribution in [1.82, 2.24) is 15.1 Å². The van der Waals surface area contributed by atoms with Gasteiger partial charge in [-0.25, -0.2) is 0 Å². The smallest absolute Gasteiger partial charge is 0.254 e. The summed E-state index contributed by atoms with van der Waals surface area (Å²) in [6, 6.07) is 16.3. The van der Waals surface area contributed by atoms with E-state index in [0.29, 0.717) is 30.9 Å². The number of fused-ring (bicyclic) bond motifs is 1. The zero-order valence-corrected chi connectivity index (χ0v) is 23.4. The van der Waals surface area contributed by atoms with E-state index >= 15 is 0 Å². The van der Waals surface area contributed by atoms with Gasteiger partial charge in [-0.3, -0.25) is 19.8 Å². The third kappa shape index (κ3) is 5.23. The van der Waals surface area contributed by atoms with Gasteiger partial charge in [-0.15, -0.1) is 11.3 Å². The molecule has 3 amide bonds. The summed E-state index contributed by atoms with van der Waals surface area (Å²) in [6.45, 7) is 2.89. The number of nitrogens with one attached hydrogen (secondary N) is 2. The molecule has 11 heteroatoms. The van der Waals surface area contributed by atoms with Crippen molar-refractivity contribution in [1.29, 1.82) is 5.41 Å². The van der Waals surface area contributed by atoms with Crippen LogP contribution in [0.3, 0.4) is 0 Å². The minimum Gasteiger partial charge on any atom is -0.384 e. The maximum atomic E-state index is 13.7. The Kier molecular flexibility index (Phi) is 7.10. The molecule has 0 bridgehead atoms. The first-order valence-electron chi connectivity index (χ1n) is 13.5. The highest BCUT2D eigenvalue weighted by atomic mass is 32.1. The van der Waals surface area contributed by atoms with Crippen molar-refractivity contribution in [2.75, 3.05) is 26.3 Å². The van der Waals surface area contributed by atoms with Crippen LogP contribution in [-0.2, 0) is 25.6 Å². The molecule has 1 spiro atoms. The molecule has 10 nitrogen and oxygen atoms in total. The number of nitrogen functional groups attached to an aromatic ring is 1. The molecule has 212 valence electrons. The van der Waals surface area contributed by atoms with Crippen LogP contribution in [0.1, 0.15) is 45.7 Å². The summed E-state index contributed by atoms with van der Waals surface area (Å²) in [7, 11) is 0. The highest BCUT2D eigenvalue weighted by molar-refractivity contribution is 7.10. The van der Waals surface area contributed by atoms with Gasteiger partial charge in [0.1, 0.15) is 18.4 Å². The number of hydrogen-bond acceptors (Lipinski definition) is 7. The van der Waals surface area contributed by atoms with E-state index in [4.69, 9.17) is 20.6 Å². The first kappa shape index (κ1) is 27.1. The van der Waals surface area contributed by atoms with Gasteiger partial charge in [0.15, 0.2) is 5.79 Å². The van der Waals surface area contributed by atoms with Crippen molar-refractivity contribution in [2.45, 2.75) is 37.8 Å². The van der Waals surface area contributed by atoms with Gasteiger partial charge in [-0.2, -0.15) is 0 Å². The molecule has 2 saturated heterocycles. The normalized spacial score (nSPS) is 19.9. The van der Waals surface area contributed by atoms with Crippen molar-refractivity contribution in [3.63, 3.8) is 0 Å². The molecular formula is C30H31N5O5S. The van der Waals surface area contributed by atoms with E-state index in [9.17, 15) is 14.4 Å². The standard InChI is InChI=1S/C30H31N5O5S/c1-18(25-12-22(16-41-25)27(31)32)33-28(37)24-13-30(39-9-10-40-30)17-35(24)26(36)15-34-14-21-11-20(7-8-23(21)29(34)38)19-5-3-2-4-6-19/h2-8,11-12,16,18,24H,9-10,13-15,17H2,1H3,(H3,31,32)(H,33,37)/t18?,24-/m0/s1. The molecule has 3 aliphatic rings. The SMILES string of the molecule is CC(NC(=O)[C@@H]1CC2(CN1C(=O)CN1Cc3cc(-c4ccccc4)ccc3C1=O)OCCO2)c1cc(C(=N)N)cs1. The molecule has 4 N–H and O–H groups in total. The Morgan fingerprint density at radius 1 is 1.15 bits per heavy atom. The van der Waals surface area contributed by atoms with E-state index in [0.717, 1.165) is 21.6 Å². The Balaban J connectivity index is 1.17. The van der Waals surface area contributed by atoms with Gasteiger partial charge in [0, 0.05) is 34.3 Å². The number of ether oxygens (including phenoxy) is 2. The number of rotatable bonds is 7. The minimum absolute atomic E-state index is 0.0361. The second kappa shape index (κ2) is 10.7. The molecule has 6 rings (SSSR count). The van der Waals surface area contributed by atoms with Crippen LogP contribution in [-0.4, -0.2) is 71.5 Å². The van der Waals surface area contributed by atoms with E-state index in [2.05, 4.69) is 5.32 Å². The molecule has 3 aromatic rings. The highest BCUT2D eigenvalue weighted by Gasteiger charge is 2.53. The van der Waals surface area contributed by atoms with Crippen molar-refractivity contribution < 1.29 is 23.9 Å². The van der Waals surface area contributed by atoms with Crippen LogP contribution in [0.15, 0.2) is 60.0 Å². The molecule has 1 aromatic heterocycles. The number of hydrogen-bond donors (Lipinski definition) is 3. The predicted octanol–water partition coefficient (Wildman–Crippen LogP) is 2.88. The molecule has 0 saturated carbocycles. The summed E-state index contributed by atoms with van der Waals surface area (Å²) < 4.78 is 11.7.